The van der Waals surface area contributed by atoms with E-state index in [2.05, 4.69) is 18.7 Å². The molecule has 0 heterocycles. The van der Waals surface area contributed by atoms with Gasteiger partial charge in [0.2, 0.25) is 0 Å². The lowest BCUT2D eigenvalue weighted by Crippen LogP contribution is -2.54. The van der Waals surface area contributed by atoms with Crippen LogP contribution in [0, 0.1) is 0 Å². The molecule has 1 rings (SSSR count). The summed E-state index contributed by atoms with van der Waals surface area (Å²) in [6.45, 7) is 5.56. The van der Waals surface area contributed by atoms with Crippen molar-refractivity contribution in [1.82, 2.24) is 4.90 Å². The molecular formula is C14H30N2O. The maximum atomic E-state index is 9.63. The van der Waals surface area contributed by atoms with E-state index in [4.69, 9.17) is 5.73 Å². The van der Waals surface area contributed by atoms with Crippen molar-refractivity contribution < 1.29 is 5.11 Å². The molecule has 0 amide bonds. The number of likely N-dealkylation sites (N-methyl/N-ethyl adjacent to an activating group) is 1. The Morgan fingerprint density at radius 1 is 1.24 bits per heavy atom. The highest BCUT2D eigenvalue weighted by molar-refractivity contribution is 4.86. The van der Waals surface area contributed by atoms with E-state index in [0.29, 0.717) is 6.04 Å². The van der Waals surface area contributed by atoms with Crippen LogP contribution < -0.4 is 5.73 Å². The zero-order valence-electron chi connectivity index (χ0n) is 11.6. The summed E-state index contributed by atoms with van der Waals surface area (Å²) in [5, 5.41) is 9.63. The topological polar surface area (TPSA) is 49.5 Å². The number of hydrogen-bond donors (Lipinski definition) is 2. The minimum atomic E-state index is 0.117. The minimum absolute atomic E-state index is 0.117. The van der Waals surface area contributed by atoms with Crippen LogP contribution in [0.5, 0.6) is 0 Å². The molecule has 0 radical (unpaired) electrons. The second-order valence-electron chi connectivity index (χ2n) is 5.32. The number of nitrogens with zero attached hydrogens (tertiary/aromatic N) is 1. The average Bonchev–Trinajstić information content (AvgIpc) is 2.37. The average molecular weight is 242 g/mol. The Morgan fingerprint density at radius 3 is 2.35 bits per heavy atom. The quantitative estimate of drug-likeness (QED) is 0.719. The normalized spacial score (nSPS) is 21.7. The summed E-state index contributed by atoms with van der Waals surface area (Å²) in [5.74, 6) is 0. The maximum Gasteiger partial charge on any atom is 0.0602 e. The van der Waals surface area contributed by atoms with Gasteiger partial charge in [-0.25, -0.2) is 0 Å². The van der Waals surface area contributed by atoms with E-state index in [1.165, 1.54) is 32.1 Å². The van der Waals surface area contributed by atoms with Crippen molar-refractivity contribution in [2.24, 2.45) is 5.73 Å². The summed E-state index contributed by atoms with van der Waals surface area (Å²) < 4.78 is 0. The molecule has 1 aliphatic rings. The first-order chi connectivity index (χ1) is 8.24. The lowest BCUT2D eigenvalue weighted by molar-refractivity contribution is 0.0533. The molecule has 102 valence electrons. The maximum absolute atomic E-state index is 9.63. The van der Waals surface area contributed by atoms with Gasteiger partial charge in [-0.1, -0.05) is 39.5 Å². The third-order valence-electron chi connectivity index (χ3n) is 4.14. The van der Waals surface area contributed by atoms with Crippen LogP contribution in [-0.4, -0.2) is 41.3 Å². The van der Waals surface area contributed by atoms with Crippen molar-refractivity contribution in [2.75, 3.05) is 13.2 Å². The van der Waals surface area contributed by atoms with Gasteiger partial charge in [-0.05, 0) is 25.8 Å². The van der Waals surface area contributed by atoms with Crippen LogP contribution >= 0.6 is 0 Å². The third-order valence-corrected chi connectivity index (χ3v) is 4.14. The van der Waals surface area contributed by atoms with Crippen molar-refractivity contribution in [1.29, 1.82) is 0 Å². The summed E-state index contributed by atoms with van der Waals surface area (Å²) in [7, 11) is 0. The molecule has 3 heteroatoms. The van der Waals surface area contributed by atoms with E-state index in [0.717, 1.165) is 19.4 Å². The first kappa shape index (κ1) is 14.9. The van der Waals surface area contributed by atoms with Gasteiger partial charge in [0.15, 0.2) is 0 Å². The minimum Gasteiger partial charge on any atom is -0.395 e. The highest BCUT2D eigenvalue weighted by Crippen LogP contribution is 2.25. The number of hydrogen-bond acceptors (Lipinski definition) is 3. The van der Waals surface area contributed by atoms with E-state index in [-0.39, 0.29) is 18.7 Å². The van der Waals surface area contributed by atoms with Gasteiger partial charge in [0.25, 0.3) is 0 Å². The van der Waals surface area contributed by atoms with Crippen molar-refractivity contribution in [2.45, 2.75) is 76.9 Å². The Morgan fingerprint density at radius 2 is 1.88 bits per heavy atom. The first-order valence-corrected chi connectivity index (χ1v) is 7.36. The molecule has 0 spiro atoms. The lowest BCUT2D eigenvalue weighted by Gasteiger charge is -2.41. The first-order valence-electron chi connectivity index (χ1n) is 7.36. The molecule has 0 aromatic rings. The van der Waals surface area contributed by atoms with E-state index in [1.54, 1.807) is 0 Å². The van der Waals surface area contributed by atoms with Gasteiger partial charge in [0.1, 0.15) is 0 Å². The zero-order chi connectivity index (χ0) is 12.7. The Balaban J connectivity index is 2.60. The Bertz CT molecular complexity index is 193. The van der Waals surface area contributed by atoms with Gasteiger partial charge >= 0.3 is 0 Å². The second kappa shape index (κ2) is 8.06. The van der Waals surface area contributed by atoms with Crippen LogP contribution in [0.4, 0.5) is 0 Å². The fourth-order valence-corrected chi connectivity index (χ4v) is 3.19. The van der Waals surface area contributed by atoms with Gasteiger partial charge in [0, 0.05) is 18.1 Å². The van der Waals surface area contributed by atoms with Gasteiger partial charge < -0.3 is 10.8 Å². The Hall–Kier alpha value is -0.120. The predicted octanol–water partition coefficient (Wildman–Crippen LogP) is 2.13. The van der Waals surface area contributed by atoms with Crippen LogP contribution in [0.15, 0.2) is 0 Å². The standard InChI is InChI=1S/C14H30N2O/c1-3-8-13(15)14(11-17)16(4-2)12-9-6-5-7-10-12/h12-14,17H,3-11,15H2,1-2H3. The van der Waals surface area contributed by atoms with Crippen molar-refractivity contribution in [3.63, 3.8) is 0 Å². The molecule has 2 unspecified atom stereocenters. The molecule has 1 fully saturated rings. The smallest absolute Gasteiger partial charge is 0.0602 e. The van der Waals surface area contributed by atoms with Gasteiger partial charge in [-0.3, -0.25) is 4.90 Å². The van der Waals surface area contributed by atoms with Gasteiger partial charge in [-0.15, -0.1) is 0 Å². The zero-order valence-corrected chi connectivity index (χ0v) is 11.6. The highest BCUT2D eigenvalue weighted by Gasteiger charge is 2.29. The lowest BCUT2D eigenvalue weighted by atomic mass is 9.91. The summed E-state index contributed by atoms with van der Waals surface area (Å²) in [6.07, 6.45) is 8.71. The molecule has 0 aromatic carbocycles. The van der Waals surface area contributed by atoms with Crippen molar-refractivity contribution >= 4 is 0 Å². The molecule has 17 heavy (non-hydrogen) atoms. The molecule has 0 saturated heterocycles. The fraction of sp³-hybridized carbons (Fsp3) is 1.00. The van der Waals surface area contributed by atoms with Crippen LogP contribution in [0.25, 0.3) is 0 Å². The van der Waals surface area contributed by atoms with Crippen LogP contribution in [0.2, 0.25) is 0 Å². The summed E-state index contributed by atoms with van der Waals surface area (Å²) >= 11 is 0. The van der Waals surface area contributed by atoms with E-state index < -0.39 is 0 Å². The summed E-state index contributed by atoms with van der Waals surface area (Å²) in [4.78, 5) is 2.46. The summed E-state index contributed by atoms with van der Waals surface area (Å²) in [6, 6.07) is 0.920. The molecule has 1 saturated carbocycles. The van der Waals surface area contributed by atoms with E-state index in [1.807, 2.05) is 0 Å². The monoisotopic (exact) mass is 242 g/mol. The molecule has 3 N–H and O–H groups in total. The van der Waals surface area contributed by atoms with Crippen LogP contribution in [-0.2, 0) is 0 Å². The molecule has 1 aliphatic carbocycles. The number of aliphatic hydroxyl groups is 1. The Kier molecular flexibility index (Phi) is 7.09. The van der Waals surface area contributed by atoms with Crippen molar-refractivity contribution in [3.05, 3.63) is 0 Å². The number of rotatable bonds is 7. The number of aliphatic hydroxyl groups excluding tert-OH is 1. The van der Waals surface area contributed by atoms with Crippen molar-refractivity contribution in [3.8, 4) is 0 Å². The largest absolute Gasteiger partial charge is 0.395 e. The fourth-order valence-electron chi connectivity index (χ4n) is 3.19. The SMILES string of the molecule is CCCC(N)C(CO)N(CC)C1CCCCC1. The summed E-state index contributed by atoms with van der Waals surface area (Å²) in [5.41, 5.74) is 6.22. The van der Waals surface area contributed by atoms with E-state index in [9.17, 15) is 5.11 Å². The predicted molar refractivity (Wildman–Crippen MR) is 73.0 cm³/mol. The van der Waals surface area contributed by atoms with E-state index >= 15 is 0 Å². The number of nitrogens with two attached hydrogens (primary N) is 1. The molecule has 0 aliphatic heterocycles. The molecule has 0 bridgehead atoms. The van der Waals surface area contributed by atoms with Gasteiger partial charge in [-0.2, -0.15) is 0 Å². The highest BCUT2D eigenvalue weighted by atomic mass is 16.3. The van der Waals surface area contributed by atoms with Gasteiger partial charge in [0.05, 0.1) is 6.61 Å². The second-order valence-corrected chi connectivity index (χ2v) is 5.32. The molecule has 2 atom stereocenters. The molecule has 3 nitrogen and oxygen atoms in total. The molecular weight excluding hydrogens is 212 g/mol. The molecule has 0 aromatic heterocycles. The van der Waals surface area contributed by atoms with Crippen LogP contribution in [0.1, 0.15) is 58.8 Å². The Labute approximate surface area is 106 Å². The van der Waals surface area contributed by atoms with Crippen LogP contribution in [0.3, 0.4) is 0 Å². The third kappa shape index (κ3) is 4.23.